The second kappa shape index (κ2) is 8.77. The minimum atomic E-state index is -0.653. The number of rotatable bonds is 7. The van der Waals surface area contributed by atoms with Crippen LogP contribution in [0.1, 0.15) is 22.8 Å². The first kappa shape index (κ1) is 21.0. The minimum Gasteiger partial charge on any atom is -0.384 e. The van der Waals surface area contributed by atoms with Gasteiger partial charge < -0.3 is 10.6 Å². The number of aromatic nitrogens is 3. The van der Waals surface area contributed by atoms with Crippen LogP contribution < -0.4 is 26.4 Å². The highest BCUT2D eigenvalue weighted by atomic mass is 16.2. The maximum atomic E-state index is 13.0. The van der Waals surface area contributed by atoms with Crippen molar-refractivity contribution in [3.63, 3.8) is 0 Å². The Morgan fingerprint density at radius 3 is 2.23 bits per heavy atom. The summed E-state index contributed by atoms with van der Waals surface area (Å²) in [5.41, 5.74) is 6.69. The molecule has 0 spiro atoms. The lowest BCUT2D eigenvalue weighted by atomic mass is 10.1. The minimum absolute atomic E-state index is 0.0552. The molecule has 0 atom stereocenters. The molecule has 0 radical (unpaired) electrons. The largest absolute Gasteiger partial charge is 0.384 e. The van der Waals surface area contributed by atoms with Crippen LogP contribution in [-0.2, 0) is 19.6 Å². The normalized spacial score (nSPS) is 10.8. The van der Waals surface area contributed by atoms with Crippen LogP contribution in [-0.4, -0.2) is 29.0 Å². The number of Topliss-reactive ketones (excluding diaryl/α,β-unsaturated/α-hetero) is 1. The highest BCUT2D eigenvalue weighted by molar-refractivity contribution is 5.98. The van der Waals surface area contributed by atoms with Crippen molar-refractivity contribution in [2.75, 3.05) is 24.7 Å². The Morgan fingerprint density at radius 2 is 1.67 bits per heavy atom. The van der Waals surface area contributed by atoms with E-state index in [4.69, 9.17) is 5.73 Å². The van der Waals surface area contributed by atoms with Gasteiger partial charge in [-0.25, -0.2) is 4.79 Å². The summed E-state index contributed by atoms with van der Waals surface area (Å²) >= 11 is 0. The zero-order chi connectivity index (χ0) is 21.8. The molecule has 0 aliphatic heterocycles. The van der Waals surface area contributed by atoms with E-state index >= 15 is 0 Å². The van der Waals surface area contributed by atoms with Gasteiger partial charge in [-0.1, -0.05) is 30.3 Å². The molecule has 0 unspecified atom stereocenters. The molecule has 0 bridgehead atoms. The van der Waals surface area contributed by atoms with Crippen molar-refractivity contribution in [1.29, 1.82) is 0 Å². The fourth-order valence-corrected chi connectivity index (χ4v) is 3.27. The van der Waals surface area contributed by atoms with Gasteiger partial charge in [-0.05, 0) is 12.5 Å². The van der Waals surface area contributed by atoms with Gasteiger partial charge in [0, 0.05) is 38.5 Å². The van der Waals surface area contributed by atoms with Crippen molar-refractivity contribution in [2.45, 2.75) is 26.6 Å². The van der Waals surface area contributed by atoms with Crippen molar-refractivity contribution < 1.29 is 9.36 Å². The molecule has 3 rings (SSSR count). The van der Waals surface area contributed by atoms with Crippen LogP contribution in [0.15, 0.2) is 64.4 Å². The molecule has 156 valence electrons. The Hall–Kier alpha value is -3.68. The van der Waals surface area contributed by atoms with E-state index in [1.54, 1.807) is 23.9 Å². The van der Waals surface area contributed by atoms with E-state index in [1.165, 1.54) is 4.57 Å². The van der Waals surface area contributed by atoms with Gasteiger partial charge in [-0.2, -0.15) is 4.57 Å². The predicted molar refractivity (Wildman–Crippen MR) is 116 cm³/mol. The molecule has 2 N–H and O–H groups in total. The van der Waals surface area contributed by atoms with Crippen LogP contribution in [0.25, 0.3) is 0 Å². The van der Waals surface area contributed by atoms with Crippen molar-refractivity contribution in [1.82, 2.24) is 9.13 Å². The first-order chi connectivity index (χ1) is 14.3. The summed E-state index contributed by atoms with van der Waals surface area (Å²) in [5, 5.41) is 0. The second-order valence-corrected chi connectivity index (χ2v) is 7.21. The summed E-state index contributed by atoms with van der Waals surface area (Å²) in [7, 11) is 3.85. The molecule has 8 nitrogen and oxygen atoms in total. The summed E-state index contributed by atoms with van der Waals surface area (Å²) < 4.78 is 4.01. The number of ketones is 1. The van der Waals surface area contributed by atoms with Gasteiger partial charge >= 0.3 is 5.69 Å². The molecule has 2 aromatic heterocycles. The Bertz CT molecular complexity index is 1160. The van der Waals surface area contributed by atoms with E-state index in [9.17, 15) is 14.4 Å². The third kappa shape index (κ3) is 4.17. The number of benzene rings is 1. The summed E-state index contributed by atoms with van der Waals surface area (Å²) in [4.78, 5) is 40.6. The van der Waals surface area contributed by atoms with Crippen LogP contribution in [0.4, 0.5) is 11.5 Å². The first-order valence-corrected chi connectivity index (χ1v) is 9.70. The standard InChI is InChI=1S/C22H25N5O3/c1-4-26-21(29)19(18(28)15-25-12-10-17(11-13-25)24(2)3)20(23)27(22(26)30)14-16-8-6-5-7-9-16/h5-13H,4,14-15H2,1-3H3,(H-,23,28,29)/p+1. The molecule has 0 saturated carbocycles. The SMILES string of the molecule is CCn1c(=O)c(C(=O)C[n+]2ccc(N(C)C)cc2)c(N)n(Cc2ccccc2)c1=O. The Labute approximate surface area is 174 Å². The van der Waals surface area contributed by atoms with Crippen LogP contribution in [0.3, 0.4) is 0 Å². The molecule has 0 aliphatic carbocycles. The predicted octanol–water partition coefficient (Wildman–Crippen LogP) is 0.897. The molecule has 0 amide bonds. The average Bonchev–Trinajstić information content (AvgIpc) is 2.72. The molecule has 8 heteroatoms. The molecule has 30 heavy (non-hydrogen) atoms. The van der Waals surface area contributed by atoms with Gasteiger partial charge in [-0.3, -0.25) is 18.7 Å². The fourth-order valence-electron chi connectivity index (χ4n) is 3.27. The molecule has 0 saturated heterocycles. The molecule has 1 aromatic carbocycles. The molecule has 2 heterocycles. The van der Waals surface area contributed by atoms with Gasteiger partial charge in [-0.15, -0.1) is 0 Å². The number of hydrogen-bond acceptors (Lipinski definition) is 5. The maximum Gasteiger partial charge on any atom is 0.332 e. The highest BCUT2D eigenvalue weighted by Gasteiger charge is 2.25. The lowest BCUT2D eigenvalue weighted by molar-refractivity contribution is -0.683. The molecular weight excluding hydrogens is 382 g/mol. The van der Waals surface area contributed by atoms with E-state index in [2.05, 4.69) is 0 Å². The van der Waals surface area contributed by atoms with Crippen LogP contribution in [0.2, 0.25) is 0 Å². The third-order valence-corrected chi connectivity index (χ3v) is 4.96. The van der Waals surface area contributed by atoms with E-state index in [0.29, 0.717) is 0 Å². The van der Waals surface area contributed by atoms with Gasteiger partial charge in [0.05, 0.1) is 6.54 Å². The monoisotopic (exact) mass is 408 g/mol. The fraction of sp³-hybridized carbons (Fsp3) is 0.273. The lowest BCUT2D eigenvalue weighted by Gasteiger charge is -2.15. The Balaban J connectivity index is 2.02. The van der Waals surface area contributed by atoms with Crippen molar-refractivity contribution >= 4 is 17.3 Å². The summed E-state index contributed by atoms with van der Waals surface area (Å²) in [6.45, 7) is 1.96. The van der Waals surface area contributed by atoms with Gasteiger partial charge in [0.15, 0.2) is 12.4 Å². The third-order valence-electron chi connectivity index (χ3n) is 4.96. The van der Waals surface area contributed by atoms with Crippen LogP contribution >= 0.6 is 0 Å². The summed E-state index contributed by atoms with van der Waals surface area (Å²) in [6.07, 6.45) is 3.53. The zero-order valence-corrected chi connectivity index (χ0v) is 17.4. The number of nitrogens with zero attached hydrogens (tertiary/aromatic N) is 4. The second-order valence-electron chi connectivity index (χ2n) is 7.21. The van der Waals surface area contributed by atoms with Crippen LogP contribution in [0, 0.1) is 0 Å². The molecule has 3 aromatic rings. The molecule has 0 fully saturated rings. The quantitative estimate of drug-likeness (QED) is 0.463. The Morgan fingerprint density at radius 1 is 1.03 bits per heavy atom. The number of anilines is 2. The van der Waals surface area contributed by atoms with E-state index in [0.717, 1.165) is 15.8 Å². The highest BCUT2D eigenvalue weighted by Crippen LogP contribution is 2.10. The van der Waals surface area contributed by atoms with E-state index in [-0.39, 0.29) is 31.0 Å². The summed E-state index contributed by atoms with van der Waals surface area (Å²) in [5.74, 6) is -0.543. The van der Waals surface area contributed by atoms with Gasteiger partial charge in [0.1, 0.15) is 11.4 Å². The van der Waals surface area contributed by atoms with Crippen molar-refractivity contribution in [3.8, 4) is 0 Å². The topological polar surface area (TPSA) is 94.2 Å². The number of carbonyl (C=O) groups is 1. The zero-order valence-electron chi connectivity index (χ0n) is 17.4. The smallest absolute Gasteiger partial charge is 0.332 e. The van der Waals surface area contributed by atoms with Gasteiger partial charge in [0.25, 0.3) is 5.56 Å². The van der Waals surface area contributed by atoms with Crippen molar-refractivity contribution in [3.05, 3.63) is 86.8 Å². The Kier molecular flexibility index (Phi) is 6.15. The van der Waals surface area contributed by atoms with E-state index in [1.807, 2.05) is 61.5 Å². The summed E-state index contributed by atoms with van der Waals surface area (Å²) in [6, 6.07) is 13.0. The molecular formula is C22H26N5O3+. The lowest BCUT2D eigenvalue weighted by Crippen LogP contribution is -2.46. The van der Waals surface area contributed by atoms with E-state index < -0.39 is 17.0 Å². The number of nitrogen functional groups attached to an aromatic ring is 1. The molecule has 0 aliphatic rings. The number of hydrogen-bond donors (Lipinski definition) is 1. The number of pyridine rings is 1. The van der Waals surface area contributed by atoms with Gasteiger partial charge in [0.2, 0.25) is 12.3 Å². The number of carbonyl (C=O) groups excluding carboxylic acids is 1. The number of nitrogens with two attached hydrogens (primary N) is 1. The average molecular weight is 408 g/mol. The maximum absolute atomic E-state index is 13.0. The van der Waals surface area contributed by atoms with Crippen LogP contribution in [0.5, 0.6) is 0 Å². The first-order valence-electron chi connectivity index (χ1n) is 9.70. The van der Waals surface area contributed by atoms with Crippen molar-refractivity contribution in [2.24, 2.45) is 0 Å².